The van der Waals surface area contributed by atoms with Crippen molar-refractivity contribution in [2.24, 2.45) is 5.73 Å². The first-order chi connectivity index (χ1) is 9.52. The smallest absolute Gasteiger partial charge is 0.0678 e. The van der Waals surface area contributed by atoms with Gasteiger partial charge in [-0.2, -0.15) is 0 Å². The van der Waals surface area contributed by atoms with E-state index in [1.54, 1.807) is 0 Å². The molecule has 0 bridgehead atoms. The van der Waals surface area contributed by atoms with Gasteiger partial charge in [0.05, 0.1) is 18.2 Å². The van der Waals surface area contributed by atoms with Crippen LogP contribution in [0.2, 0.25) is 0 Å². The lowest BCUT2D eigenvalue weighted by atomic mass is 9.92. The Kier molecular flexibility index (Phi) is 5.19. The van der Waals surface area contributed by atoms with Gasteiger partial charge >= 0.3 is 0 Å². The fraction of sp³-hybridized carbons (Fsp3) is 0.647. The van der Waals surface area contributed by atoms with Crippen LogP contribution in [-0.2, 0) is 4.74 Å². The van der Waals surface area contributed by atoms with Crippen molar-refractivity contribution >= 4 is 0 Å². The molecule has 3 heteroatoms. The quantitative estimate of drug-likeness (QED) is 0.919. The summed E-state index contributed by atoms with van der Waals surface area (Å²) < 4.78 is 5.86. The Bertz CT molecular complexity index is 425. The Balaban J connectivity index is 2.30. The van der Waals surface area contributed by atoms with Gasteiger partial charge in [-0.1, -0.05) is 31.2 Å². The zero-order chi connectivity index (χ0) is 14.7. The van der Waals surface area contributed by atoms with Crippen molar-refractivity contribution in [1.29, 1.82) is 0 Å². The van der Waals surface area contributed by atoms with E-state index in [4.69, 9.17) is 10.5 Å². The molecule has 0 aliphatic carbocycles. The second kappa shape index (κ2) is 6.70. The maximum Gasteiger partial charge on any atom is 0.0678 e. The first kappa shape index (κ1) is 15.5. The third-order valence-electron chi connectivity index (χ3n) is 4.23. The van der Waals surface area contributed by atoms with E-state index in [0.717, 1.165) is 19.5 Å². The number of nitrogens with two attached hydrogens (primary N) is 1. The van der Waals surface area contributed by atoms with E-state index in [1.807, 2.05) is 0 Å². The Morgan fingerprint density at radius 2 is 1.85 bits per heavy atom. The highest BCUT2D eigenvalue weighted by atomic mass is 16.5. The summed E-state index contributed by atoms with van der Waals surface area (Å²) in [4.78, 5) is 2.51. The minimum atomic E-state index is 0.161. The van der Waals surface area contributed by atoms with Gasteiger partial charge in [-0.25, -0.2) is 0 Å². The molecule has 2 N–H and O–H groups in total. The molecule has 0 saturated carbocycles. The zero-order valence-corrected chi connectivity index (χ0v) is 13.2. The molecule has 0 amide bonds. The molecular formula is C17H28N2O. The van der Waals surface area contributed by atoms with Gasteiger partial charge in [0.15, 0.2) is 0 Å². The van der Waals surface area contributed by atoms with Gasteiger partial charge < -0.3 is 10.5 Å². The predicted octanol–water partition coefficient (Wildman–Crippen LogP) is 2.88. The predicted molar refractivity (Wildman–Crippen MR) is 83.8 cm³/mol. The van der Waals surface area contributed by atoms with Crippen LogP contribution >= 0.6 is 0 Å². The fourth-order valence-corrected chi connectivity index (χ4v) is 3.28. The van der Waals surface area contributed by atoms with E-state index in [0.29, 0.717) is 0 Å². The maximum atomic E-state index is 6.46. The molecule has 4 atom stereocenters. The van der Waals surface area contributed by atoms with Gasteiger partial charge in [-0.05, 0) is 38.3 Å². The summed E-state index contributed by atoms with van der Waals surface area (Å²) in [5, 5.41) is 0. The van der Waals surface area contributed by atoms with Crippen molar-refractivity contribution in [3.8, 4) is 0 Å². The van der Waals surface area contributed by atoms with Gasteiger partial charge in [0.1, 0.15) is 0 Å². The highest BCUT2D eigenvalue weighted by Gasteiger charge is 2.32. The Labute approximate surface area is 123 Å². The molecule has 1 aliphatic rings. The lowest BCUT2D eigenvalue weighted by molar-refractivity contribution is -0.0839. The zero-order valence-electron chi connectivity index (χ0n) is 13.2. The monoisotopic (exact) mass is 276 g/mol. The summed E-state index contributed by atoms with van der Waals surface area (Å²) in [6.45, 7) is 10.6. The van der Waals surface area contributed by atoms with Gasteiger partial charge in [0, 0.05) is 19.1 Å². The van der Waals surface area contributed by atoms with Crippen LogP contribution in [0.15, 0.2) is 24.3 Å². The molecular weight excluding hydrogens is 248 g/mol. The number of ether oxygens (including phenoxy) is 1. The van der Waals surface area contributed by atoms with E-state index in [2.05, 4.69) is 56.9 Å². The summed E-state index contributed by atoms with van der Waals surface area (Å²) in [5.74, 6) is 0. The Morgan fingerprint density at radius 1 is 1.25 bits per heavy atom. The van der Waals surface area contributed by atoms with Crippen LogP contribution in [-0.4, -0.2) is 36.2 Å². The number of nitrogens with zero attached hydrogens (tertiary/aromatic N) is 1. The number of morpholine rings is 1. The van der Waals surface area contributed by atoms with Crippen LogP contribution < -0.4 is 5.73 Å². The average Bonchev–Trinajstić information content (AvgIpc) is 2.40. The third kappa shape index (κ3) is 3.40. The van der Waals surface area contributed by atoms with Crippen LogP contribution in [0.1, 0.15) is 44.4 Å². The lowest BCUT2D eigenvalue weighted by Crippen LogP contribution is -2.51. The molecule has 2 rings (SSSR count). The molecule has 1 heterocycles. The summed E-state index contributed by atoms with van der Waals surface area (Å²) in [6, 6.07) is 9.06. The summed E-state index contributed by atoms with van der Waals surface area (Å²) in [5.41, 5.74) is 9.15. The fourth-order valence-electron chi connectivity index (χ4n) is 3.28. The molecule has 112 valence electrons. The van der Waals surface area contributed by atoms with Crippen molar-refractivity contribution in [3.05, 3.63) is 35.4 Å². The van der Waals surface area contributed by atoms with Gasteiger partial charge in [-0.3, -0.25) is 4.90 Å². The Morgan fingerprint density at radius 3 is 2.40 bits per heavy atom. The molecule has 1 aromatic carbocycles. The number of benzene rings is 1. The molecule has 3 nitrogen and oxygen atoms in total. The minimum absolute atomic E-state index is 0.161. The van der Waals surface area contributed by atoms with Crippen molar-refractivity contribution in [1.82, 2.24) is 4.90 Å². The first-order valence-corrected chi connectivity index (χ1v) is 7.73. The van der Waals surface area contributed by atoms with Crippen LogP contribution in [0.4, 0.5) is 0 Å². The minimum Gasteiger partial charge on any atom is -0.373 e. The molecule has 1 aromatic rings. The van der Waals surface area contributed by atoms with Gasteiger partial charge in [0.2, 0.25) is 0 Å². The molecule has 2 unspecified atom stereocenters. The topological polar surface area (TPSA) is 38.5 Å². The van der Waals surface area contributed by atoms with Gasteiger partial charge in [0.25, 0.3) is 0 Å². The van der Waals surface area contributed by atoms with Crippen molar-refractivity contribution in [2.45, 2.75) is 58.4 Å². The SMILES string of the molecule is CCC(N)C(c1ccccc1C)N1C[C@@H](C)O[C@@H](C)C1. The molecule has 1 saturated heterocycles. The highest BCUT2D eigenvalue weighted by Crippen LogP contribution is 2.30. The third-order valence-corrected chi connectivity index (χ3v) is 4.23. The van der Waals surface area contributed by atoms with Crippen LogP contribution in [0, 0.1) is 6.92 Å². The van der Waals surface area contributed by atoms with E-state index < -0.39 is 0 Å². The van der Waals surface area contributed by atoms with E-state index in [-0.39, 0.29) is 24.3 Å². The standard InChI is InChI=1S/C17H28N2O/c1-5-16(18)17(15-9-7-6-8-12(15)2)19-10-13(3)20-14(4)11-19/h6-9,13-14,16-17H,5,10-11,18H2,1-4H3/t13-,14+,16?,17?. The lowest BCUT2D eigenvalue weighted by Gasteiger charge is -2.43. The number of rotatable bonds is 4. The molecule has 0 spiro atoms. The second-order valence-corrected chi connectivity index (χ2v) is 6.08. The van der Waals surface area contributed by atoms with Crippen molar-refractivity contribution < 1.29 is 4.74 Å². The molecule has 0 aromatic heterocycles. The van der Waals surface area contributed by atoms with Crippen LogP contribution in [0.3, 0.4) is 0 Å². The number of aryl methyl sites for hydroxylation is 1. The number of hydrogen-bond acceptors (Lipinski definition) is 3. The molecule has 20 heavy (non-hydrogen) atoms. The summed E-state index contributed by atoms with van der Waals surface area (Å²) >= 11 is 0. The average molecular weight is 276 g/mol. The molecule has 1 aliphatic heterocycles. The summed E-state index contributed by atoms with van der Waals surface area (Å²) in [7, 11) is 0. The summed E-state index contributed by atoms with van der Waals surface area (Å²) in [6.07, 6.45) is 1.53. The molecule has 0 radical (unpaired) electrons. The Hall–Kier alpha value is -0.900. The van der Waals surface area contributed by atoms with E-state index >= 15 is 0 Å². The number of hydrogen-bond donors (Lipinski definition) is 1. The largest absolute Gasteiger partial charge is 0.373 e. The first-order valence-electron chi connectivity index (χ1n) is 7.73. The molecule has 1 fully saturated rings. The van der Waals surface area contributed by atoms with Crippen molar-refractivity contribution in [3.63, 3.8) is 0 Å². The normalized spacial score (nSPS) is 27.2. The van der Waals surface area contributed by atoms with Crippen LogP contribution in [0.5, 0.6) is 0 Å². The second-order valence-electron chi connectivity index (χ2n) is 6.08. The van der Waals surface area contributed by atoms with E-state index in [9.17, 15) is 0 Å². The van der Waals surface area contributed by atoms with E-state index in [1.165, 1.54) is 11.1 Å². The van der Waals surface area contributed by atoms with Crippen molar-refractivity contribution in [2.75, 3.05) is 13.1 Å². The van der Waals surface area contributed by atoms with Crippen LogP contribution in [0.25, 0.3) is 0 Å². The maximum absolute atomic E-state index is 6.46. The van der Waals surface area contributed by atoms with Gasteiger partial charge in [-0.15, -0.1) is 0 Å². The highest BCUT2D eigenvalue weighted by molar-refractivity contribution is 5.30.